The first-order valence-corrected chi connectivity index (χ1v) is 7.16. The van der Waals surface area contributed by atoms with E-state index in [1.807, 2.05) is 23.5 Å². The molecule has 0 aliphatic carbocycles. The monoisotopic (exact) mass is 252 g/mol. The van der Waals surface area contributed by atoms with Crippen molar-refractivity contribution in [2.24, 2.45) is 0 Å². The molecular weight excluding hydrogens is 232 g/mol. The first-order valence-electron chi connectivity index (χ1n) is 5.17. The Kier molecular flexibility index (Phi) is 9.44. The van der Waals surface area contributed by atoms with Gasteiger partial charge in [-0.15, -0.1) is 23.5 Å². The van der Waals surface area contributed by atoms with Crippen LogP contribution in [-0.2, 0) is 4.79 Å². The highest BCUT2D eigenvalue weighted by Gasteiger charge is 2.24. The fourth-order valence-corrected chi connectivity index (χ4v) is 4.38. The van der Waals surface area contributed by atoms with Crippen molar-refractivity contribution in [2.75, 3.05) is 12.4 Å². The number of aliphatic hydroxyl groups is 1. The summed E-state index contributed by atoms with van der Waals surface area (Å²) in [6.45, 7) is 3.67. The van der Waals surface area contributed by atoms with E-state index < -0.39 is 5.97 Å². The third kappa shape index (κ3) is 9.08. The number of thioether (sulfide) groups is 2. The highest BCUT2D eigenvalue weighted by molar-refractivity contribution is 8.20. The summed E-state index contributed by atoms with van der Waals surface area (Å²) in [5, 5.41) is 16.8. The third-order valence-electron chi connectivity index (χ3n) is 1.81. The normalized spacial score (nSPS) is 24.5. The Bertz CT molecular complexity index is 172. The predicted molar refractivity (Wildman–Crippen MR) is 67.5 cm³/mol. The van der Waals surface area contributed by atoms with E-state index in [1.54, 1.807) is 0 Å². The molecule has 1 aliphatic rings. The topological polar surface area (TPSA) is 57.5 Å². The quantitative estimate of drug-likeness (QED) is 0.805. The number of carbonyl (C=O) groups is 1. The Balaban J connectivity index is 0.000000423. The van der Waals surface area contributed by atoms with Gasteiger partial charge in [0.05, 0.1) is 11.2 Å². The van der Waals surface area contributed by atoms with Crippen LogP contribution in [0.5, 0.6) is 0 Å². The summed E-state index contributed by atoms with van der Waals surface area (Å²) in [7, 11) is 0. The van der Waals surface area contributed by atoms with Gasteiger partial charge >= 0.3 is 0 Å². The van der Waals surface area contributed by atoms with Crippen molar-refractivity contribution in [3.63, 3.8) is 0 Å². The highest BCUT2D eigenvalue weighted by Crippen LogP contribution is 2.40. The maximum absolute atomic E-state index is 9.00. The molecule has 2 atom stereocenters. The van der Waals surface area contributed by atoms with E-state index in [9.17, 15) is 0 Å². The van der Waals surface area contributed by atoms with Crippen LogP contribution in [0.1, 0.15) is 33.1 Å². The summed E-state index contributed by atoms with van der Waals surface area (Å²) in [6, 6.07) is 0. The molecule has 0 spiro atoms. The molecule has 0 unspecified atom stereocenters. The van der Waals surface area contributed by atoms with Gasteiger partial charge in [-0.1, -0.05) is 19.8 Å². The van der Waals surface area contributed by atoms with Gasteiger partial charge in [-0.25, -0.2) is 0 Å². The van der Waals surface area contributed by atoms with Crippen LogP contribution in [0.15, 0.2) is 0 Å². The Labute approximate surface area is 100 Å². The van der Waals surface area contributed by atoms with Gasteiger partial charge in [-0.3, -0.25) is 4.79 Å². The smallest absolute Gasteiger partial charge is 0.300 e. The zero-order valence-electron chi connectivity index (χ0n) is 9.31. The summed E-state index contributed by atoms with van der Waals surface area (Å²) >= 11 is 3.98. The molecule has 15 heavy (non-hydrogen) atoms. The minimum Gasteiger partial charge on any atom is -0.481 e. The van der Waals surface area contributed by atoms with Crippen molar-refractivity contribution < 1.29 is 15.0 Å². The van der Waals surface area contributed by atoms with Gasteiger partial charge in [0.25, 0.3) is 5.97 Å². The molecule has 3 nitrogen and oxygen atoms in total. The lowest BCUT2D eigenvalue weighted by Crippen LogP contribution is -2.06. The summed E-state index contributed by atoms with van der Waals surface area (Å²) in [4.78, 5) is 9.00. The van der Waals surface area contributed by atoms with Crippen molar-refractivity contribution in [2.45, 2.75) is 42.9 Å². The lowest BCUT2D eigenvalue weighted by Gasteiger charge is -2.06. The zero-order valence-corrected chi connectivity index (χ0v) is 10.9. The van der Waals surface area contributed by atoms with Crippen LogP contribution in [0.2, 0.25) is 0 Å². The molecule has 90 valence electrons. The average Bonchev–Trinajstić information content (AvgIpc) is 2.61. The van der Waals surface area contributed by atoms with Crippen molar-refractivity contribution in [3.05, 3.63) is 0 Å². The van der Waals surface area contributed by atoms with Crippen LogP contribution >= 0.6 is 23.5 Å². The number of unbranched alkanes of at least 4 members (excludes halogenated alkanes) is 1. The maximum atomic E-state index is 9.00. The van der Waals surface area contributed by atoms with Gasteiger partial charge in [-0.05, 0) is 6.42 Å². The summed E-state index contributed by atoms with van der Waals surface area (Å²) < 4.78 is 0.770. The second-order valence-corrected chi connectivity index (χ2v) is 6.41. The minimum absolute atomic E-state index is 0.361. The van der Waals surface area contributed by atoms with E-state index in [2.05, 4.69) is 6.92 Å². The summed E-state index contributed by atoms with van der Waals surface area (Å²) in [5.41, 5.74) is 0. The number of hydrogen-bond donors (Lipinski definition) is 2. The lowest BCUT2D eigenvalue weighted by molar-refractivity contribution is -0.134. The molecule has 2 N–H and O–H groups in total. The van der Waals surface area contributed by atoms with E-state index in [0.717, 1.165) is 17.3 Å². The molecule has 0 aromatic rings. The van der Waals surface area contributed by atoms with Crippen LogP contribution in [0.25, 0.3) is 0 Å². The molecule has 0 aromatic carbocycles. The Morgan fingerprint density at radius 1 is 1.53 bits per heavy atom. The van der Waals surface area contributed by atoms with Crippen molar-refractivity contribution in [1.29, 1.82) is 0 Å². The molecule has 1 rings (SSSR count). The minimum atomic E-state index is -0.833. The highest BCUT2D eigenvalue weighted by atomic mass is 32.2. The third-order valence-corrected chi connectivity index (χ3v) is 5.20. The second kappa shape index (κ2) is 9.36. The molecule has 1 heterocycles. The van der Waals surface area contributed by atoms with E-state index in [-0.39, 0.29) is 0 Å². The molecule has 0 radical (unpaired) electrons. The number of aliphatic carboxylic acids is 1. The molecule has 0 aromatic heterocycles. The van der Waals surface area contributed by atoms with Gasteiger partial charge < -0.3 is 10.2 Å². The van der Waals surface area contributed by atoms with Gasteiger partial charge in [0.15, 0.2) is 0 Å². The lowest BCUT2D eigenvalue weighted by atomic mass is 10.3. The molecular formula is C10H20O3S2. The molecule has 0 amide bonds. The first-order chi connectivity index (χ1) is 7.10. The van der Waals surface area contributed by atoms with Crippen LogP contribution < -0.4 is 0 Å². The Morgan fingerprint density at radius 2 is 2.13 bits per heavy atom. The fourth-order valence-electron chi connectivity index (χ4n) is 1.13. The number of carboxylic acids is 1. The SMILES string of the molecule is CC(=O)O.CCCC[C@@H]1SC[C@H](CO)S1. The fraction of sp³-hybridized carbons (Fsp3) is 0.900. The van der Waals surface area contributed by atoms with Gasteiger partial charge in [0.1, 0.15) is 0 Å². The predicted octanol–water partition coefficient (Wildman–Crippen LogP) is 2.43. The van der Waals surface area contributed by atoms with Crippen LogP contribution in [0, 0.1) is 0 Å². The number of rotatable bonds is 4. The summed E-state index contributed by atoms with van der Waals surface area (Å²) in [5.74, 6) is 0.315. The second-order valence-electron chi connectivity index (χ2n) is 3.36. The van der Waals surface area contributed by atoms with E-state index in [4.69, 9.17) is 15.0 Å². The largest absolute Gasteiger partial charge is 0.481 e. The van der Waals surface area contributed by atoms with Crippen LogP contribution in [0.3, 0.4) is 0 Å². The number of hydrogen-bond acceptors (Lipinski definition) is 4. The van der Waals surface area contributed by atoms with Gasteiger partial charge in [0, 0.05) is 17.9 Å². The van der Waals surface area contributed by atoms with Gasteiger partial charge in [0.2, 0.25) is 0 Å². The van der Waals surface area contributed by atoms with Gasteiger partial charge in [-0.2, -0.15) is 0 Å². The van der Waals surface area contributed by atoms with E-state index >= 15 is 0 Å². The van der Waals surface area contributed by atoms with Crippen molar-refractivity contribution >= 4 is 29.5 Å². The summed E-state index contributed by atoms with van der Waals surface area (Å²) in [6.07, 6.45) is 3.95. The Hall–Kier alpha value is 0.130. The van der Waals surface area contributed by atoms with E-state index in [0.29, 0.717) is 11.9 Å². The van der Waals surface area contributed by atoms with Crippen molar-refractivity contribution in [1.82, 2.24) is 0 Å². The average molecular weight is 252 g/mol. The molecule has 0 bridgehead atoms. The molecule has 0 saturated carbocycles. The van der Waals surface area contributed by atoms with Crippen molar-refractivity contribution in [3.8, 4) is 0 Å². The van der Waals surface area contributed by atoms with Crippen LogP contribution in [-0.4, -0.2) is 38.4 Å². The van der Waals surface area contributed by atoms with E-state index in [1.165, 1.54) is 19.3 Å². The Morgan fingerprint density at radius 3 is 2.53 bits per heavy atom. The number of carboxylic acid groups (broad SMARTS) is 1. The zero-order chi connectivity index (χ0) is 11.7. The molecule has 5 heteroatoms. The maximum Gasteiger partial charge on any atom is 0.300 e. The number of aliphatic hydroxyl groups excluding tert-OH is 1. The first kappa shape index (κ1) is 15.1. The molecule has 1 fully saturated rings. The van der Waals surface area contributed by atoms with Crippen LogP contribution in [0.4, 0.5) is 0 Å². The molecule has 1 saturated heterocycles. The molecule has 1 aliphatic heterocycles. The standard InChI is InChI=1S/C8H16OS2.C2H4O2/c1-2-3-4-8-10-6-7(5-9)11-8;1-2(3)4/h7-9H,2-6H2,1H3;1H3,(H,3,4)/t7-,8+;/m0./s1.